The van der Waals surface area contributed by atoms with Gasteiger partial charge in [0.2, 0.25) is 0 Å². The number of benzene rings is 1. The highest BCUT2D eigenvalue weighted by Gasteiger charge is 1.95. The Labute approximate surface area is 150 Å². The first-order valence-corrected chi connectivity index (χ1v) is 10.6. The van der Waals surface area contributed by atoms with Crippen LogP contribution in [0.15, 0.2) is 30.3 Å². The topological polar surface area (TPSA) is 20.2 Å². The predicted molar refractivity (Wildman–Crippen MR) is 106 cm³/mol. The zero-order chi connectivity index (χ0) is 17.1. The lowest BCUT2D eigenvalue weighted by atomic mass is 10.0. The fourth-order valence-corrected chi connectivity index (χ4v) is 3.38. The molecule has 138 valence electrons. The second-order valence-corrected chi connectivity index (χ2v) is 7.26. The number of aliphatic hydroxyl groups excluding tert-OH is 1. The van der Waals surface area contributed by atoms with E-state index in [0.29, 0.717) is 6.61 Å². The van der Waals surface area contributed by atoms with Crippen LogP contribution in [-0.2, 0) is 6.42 Å². The number of hydrogen-bond donors (Lipinski definition) is 1. The number of aliphatic hydroxyl groups is 1. The van der Waals surface area contributed by atoms with Gasteiger partial charge < -0.3 is 5.11 Å². The van der Waals surface area contributed by atoms with E-state index in [2.05, 4.69) is 30.3 Å². The average molecular weight is 333 g/mol. The van der Waals surface area contributed by atoms with Crippen LogP contribution < -0.4 is 0 Å². The maximum atomic E-state index is 8.72. The zero-order valence-corrected chi connectivity index (χ0v) is 15.9. The standard InChI is InChI=1S/C23H40O/c24-22-18-13-11-9-7-5-3-1-2-4-6-8-10-12-15-19-23-20-16-14-17-21-23/h14,16-17,20-21,24H,1-13,15,18-19,22H2. The molecule has 0 heterocycles. The summed E-state index contributed by atoms with van der Waals surface area (Å²) in [6, 6.07) is 10.9. The molecule has 24 heavy (non-hydrogen) atoms. The van der Waals surface area contributed by atoms with E-state index in [1.807, 2.05) is 0 Å². The van der Waals surface area contributed by atoms with Crippen molar-refractivity contribution in [2.24, 2.45) is 0 Å². The van der Waals surface area contributed by atoms with Gasteiger partial charge in [-0.25, -0.2) is 0 Å². The van der Waals surface area contributed by atoms with Crippen LogP contribution in [0.25, 0.3) is 0 Å². The molecule has 0 radical (unpaired) electrons. The molecule has 1 rings (SSSR count). The lowest BCUT2D eigenvalue weighted by molar-refractivity contribution is 0.282. The Morgan fingerprint density at radius 1 is 0.458 bits per heavy atom. The molecule has 0 bridgehead atoms. The van der Waals surface area contributed by atoms with Crippen LogP contribution in [0.1, 0.15) is 102 Å². The minimum atomic E-state index is 0.368. The van der Waals surface area contributed by atoms with Crippen molar-refractivity contribution in [3.05, 3.63) is 35.9 Å². The second kappa shape index (κ2) is 17.0. The third kappa shape index (κ3) is 13.6. The van der Waals surface area contributed by atoms with Gasteiger partial charge in [-0.1, -0.05) is 114 Å². The van der Waals surface area contributed by atoms with E-state index in [4.69, 9.17) is 5.11 Å². The largest absolute Gasteiger partial charge is 0.396 e. The molecule has 1 heteroatoms. The third-order valence-corrected chi connectivity index (χ3v) is 4.97. The van der Waals surface area contributed by atoms with E-state index in [9.17, 15) is 0 Å². The van der Waals surface area contributed by atoms with Crippen molar-refractivity contribution in [2.75, 3.05) is 6.61 Å². The normalized spacial score (nSPS) is 11.0. The molecule has 0 fully saturated rings. The highest BCUT2D eigenvalue weighted by molar-refractivity contribution is 5.14. The summed E-state index contributed by atoms with van der Waals surface area (Å²) < 4.78 is 0. The Bertz CT molecular complexity index is 346. The Morgan fingerprint density at radius 2 is 0.833 bits per heavy atom. The van der Waals surface area contributed by atoms with Gasteiger partial charge >= 0.3 is 0 Å². The molecule has 0 atom stereocenters. The molecule has 0 aliphatic rings. The van der Waals surface area contributed by atoms with Crippen molar-refractivity contribution in [3.63, 3.8) is 0 Å². The molecule has 1 aromatic rings. The van der Waals surface area contributed by atoms with Gasteiger partial charge in [0.15, 0.2) is 0 Å². The number of rotatable bonds is 17. The van der Waals surface area contributed by atoms with Crippen LogP contribution in [0.2, 0.25) is 0 Å². The van der Waals surface area contributed by atoms with E-state index in [0.717, 1.165) is 6.42 Å². The van der Waals surface area contributed by atoms with E-state index in [1.165, 1.54) is 102 Å². The molecule has 1 nitrogen and oxygen atoms in total. The maximum Gasteiger partial charge on any atom is 0.0431 e. The summed E-state index contributed by atoms with van der Waals surface area (Å²) in [5, 5.41) is 8.72. The highest BCUT2D eigenvalue weighted by atomic mass is 16.2. The molecule has 0 spiro atoms. The van der Waals surface area contributed by atoms with Crippen LogP contribution in [0.5, 0.6) is 0 Å². The average Bonchev–Trinajstić information content (AvgIpc) is 2.62. The summed E-state index contributed by atoms with van der Waals surface area (Å²) in [5.74, 6) is 0. The van der Waals surface area contributed by atoms with Crippen molar-refractivity contribution in [3.8, 4) is 0 Å². The Hall–Kier alpha value is -0.820. The summed E-state index contributed by atoms with van der Waals surface area (Å²) in [7, 11) is 0. The van der Waals surface area contributed by atoms with Crippen LogP contribution in [-0.4, -0.2) is 11.7 Å². The Balaban J connectivity index is 1.70. The van der Waals surface area contributed by atoms with Crippen LogP contribution in [0, 0.1) is 0 Å². The van der Waals surface area contributed by atoms with Gasteiger partial charge in [-0.3, -0.25) is 0 Å². The second-order valence-electron chi connectivity index (χ2n) is 7.26. The molecular formula is C23H40O. The van der Waals surface area contributed by atoms with Gasteiger partial charge in [-0.05, 0) is 24.8 Å². The predicted octanol–water partition coefficient (Wildman–Crippen LogP) is 7.07. The zero-order valence-electron chi connectivity index (χ0n) is 15.9. The van der Waals surface area contributed by atoms with Crippen LogP contribution in [0.4, 0.5) is 0 Å². The van der Waals surface area contributed by atoms with E-state index in [-0.39, 0.29) is 0 Å². The minimum Gasteiger partial charge on any atom is -0.396 e. The minimum absolute atomic E-state index is 0.368. The first kappa shape index (κ1) is 21.2. The molecule has 0 aliphatic heterocycles. The smallest absolute Gasteiger partial charge is 0.0431 e. The molecule has 0 aliphatic carbocycles. The first-order valence-electron chi connectivity index (χ1n) is 10.6. The lowest BCUT2D eigenvalue weighted by Gasteiger charge is -2.04. The summed E-state index contributed by atoms with van der Waals surface area (Å²) in [4.78, 5) is 0. The molecule has 0 saturated heterocycles. The van der Waals surface area contributed by atoms with Crippen molar-refractivity contribution >= 4 is 0 Å². The molecule has 0 unspecified atom stereocenters. The molecule has 1 N–H and O–H groups in total. The molecule has 0 saturated carbocycles. The monoisotopic (exact) mass is 332 g/mol. The van der Waals surface area contributed by atoms with Crippen molar-refractivity contribution in [2.45, 2.75) is 103 Å². The number of hydrogen-bond acceptors (Lipinski definition) is 1. The van der Waals surface area contributed by atoms with Gasteiger partial charge in [0.1, 0.15) is 0 Å². The van der Waals surface area contributed by atoms with E-state index >= 15 is 0 Å². The molecular weight excluding hydrogens is 292 g/mol. The molecule has 1 aromatic carbocycles. The van der Waals surface area contributed by atoms with Gasteiger partial charge in [-0.2, -0.15) is 0 Å². The lowest BCUT2D eigenvalue weighted by Crippen LogP contribution is -1.86. The Morgan fingerprint density at radius 3 is 1.25 bits per heavy atom. The first-order chi connectivity index (χ1) is 11.9. The van der Waals surface area contributed by atoms with Crippen LogP contribution in [0.3, 0.4) is 0 Å². The maximum absolute atomic E-state index is 8.72. The number of unbranched alkanes of at least 4 members (excludes halogenated alkanes) is 14. The molecule has 0 amide bonds. The third-order valence-electron chi connectivity index (χ3n) is 4.97. The van der Waals surface area contributed by atoms with E-state index < -0.39 is 0 Å². The Kier molecular flexibility index (Phi) is 15.0. The van der Waals surface area contributed by atoms with Crippen molar-refractivity contribution in [1.29, 1.82) is 0 Å². The van der Waals surface area contributed by atoms with Gasteiger partial charge in [-0.15, -0.1) is 0 Å². The summed E-state index contributed by atoms with van der Waals surface area (Å²) in [6.45, 7) is 0.368. The summed E-state index contributed by atoms with van der Waals surface area (Å²) in [6.07, 6.45) is 21.7. The van der Waals surface area contributed by atoms with Crippen LogP contribution >= 0.6 is 0 Å². The van der Waals surface area contributed by atoms with Gasteiger partial charge in [0.25, 0.3) is 0 Å². The fraction of sp³-hybridized carbons (Fsp3) is 0.739. The van der Waals surface area contributed by atoms with Gasteiger partial charge in [0.05, 0.1) is 0 Å². The summed E-state index contributed by atoms with van der Waals surface area (Å²) in [5.41, 5.74) is 1.49. The quantitative estimate of drug-likeness (QED) is 0.302. The van der Waals surface area contributed by atoms with Gasteiger partial charge in [0, 0.05) is 6.61 Å². The highest BCUT2D eigenvalue weighted by Crippen LogP contribution is 2.14. The fourth-order valence-electron chi connectivity index (χ4n) is 3.38. The van der Waals surface area contributed by atoms with Crippen molar-refractivity contribution < 1.29 is 5.11 Å². The molecule has 0 aromatic heterocycles. The van der Waals surface area contributed by atoms with E-state index in [1.54, 1.807) is 0 Å². The SMILES string of the molecule is OCCCCCCCCCCCCCCCCCc1ccccc1. The van der Waals surface area contributed by atoms with Crippen molar-refractivity contribution in [1.82, 2.24) is 0 Å². The number of aryl methyl sites for hydroxylation is 1. The summed E-state index contributed by atoms with van der Waals surface area (Å²) >= 11 is 0.